The summed E-state index contributed by atoms with van der Waals surface area (Å²) >= 11 is 0. The molecule has 2 heterocycles. The molecular weight excluding hydrogens is 392 g/mol. The number of aromatic amines is 1. The van der Waals surface area contributed by atoms with Crippen LogP contribution < -0.4 is 20.7 Å². The van der Waals surface area contributed by atoms with E-state index in [-0.39, 0.29) is 30.1 Å². The van der Waals surface area contributed by atoms with E-state index in [4.69, 9.17) is 9.47 Å². The van der Waals surface area contributed by atoms with E-state index in [0.29, 0.717) is 17.1 Å². The topological polar surface area (TPSA) is 126 Å². The predicted octanol–water partition coefficient (Wildman–Crippen LogP) is 1.14. The molecule has 0 spiro atoms. The number of methoxy groups -OCH3 is 2. The summed E-state index contributed by atoms with van der Waals surface area (Å²) in [6, 6.07) is 4.56. The van der Waals surface area contributed by atoms with Gasteiger partial charge in [0.15, 0.2) is 0 Å². The van der Waals surface area contributed by atoms with E-state index in [1.165, 1.54) is 32.2 Å². The second kappa shape index (κ2) is 8.27. The second-order valence-corrected chi connectivity index (χ2v) is 6.60. The number of allylic oxidation sites excluding steroid dienone is 1. The summed E-state index contributed by atoms with van der Waals surface area (Å²) in [4.78, 5) is 38.9. The van der Waals surface area contributed by atoms with Crippen molar-refractivity contribution in [3.63, 3.8) is 0 Å². The first kappa shape index (κ1) is 20.9. The fourth-order valence-corrected chi connectivity index (χ4v) is 3.41. The maximum absolute atomic E-state index is 12.5. The van der Waals surface area contributed by atoms with Crippen molar-refractivity contribution in [3.8, 4) is 17.4 Å². The molecule has 1 unspecified atom stereocenters. The highest BCUT2D eigenvalue weighted by molar-refractivity contribution is 6.04. The van der Waals surface area contributed by atoms with Crippen LogP contribution in [0.15, 0.2) is 45.5 Å². The van der Waals surface area contributed by atoms with Crippen LogP contribution in [0.1, 0.15) is 30.5 Å². The maximum Gasteiger partial charge on any atom is 0.331 e. The Morgan fingerprint density at radius 2 is 2.10 bits per heavy atom. The highest BCUT2D eigenvalue weighted by Crippen LogP contribution is 2.39. The Bertz CT molecular complexity index is 1150. The molecule has 1 amide bonds. The van der Waals surface area contributed by atoms with E-state index in [0.717, 1.165) is 4.57 Å². The van der Waals surface area contributed by atoms with E-state index in [9.17, 15) is 19.5 Å². The number of aromatic nitrogens is 2. The molecule has 2 N–H and O–H groups in total. The second-order valence-electron chi connectivity index (χ2n) is 6.60. The molecule has 0 fully saturated rings. The monoisotopic (exact) mass is 414 g/mol. The Morgan fingerprint density at radius 3 is 2.70 bits per heavy atom. The van der Waals surface area contributed by atoms with Gasteiger partial charge in [0.2, 0.25) is 11.8 Å². The van der Waals surface area contributed by atoms with Gasteiger partial charge in [-0.2, -0.15) is 5.10 Å². The van der Waals surface area contributed by atoms with Crippen molar-refractivity contribution >= 4 is 11.6 Å². The third-order valence-electron chi connectivity index (χ3n) is 4.80. The highest BCUT2D eigenvalue weighted by atomic mass is 16.5. The number of hydrazone groups is 1. The molecule has 2 aromatic rings. The van der Waals surface area contributed by atoms with Crippen LogP contribution >= 0.6 is 0 Å². The zero-order chi connectivity index (χ0) is 22.0. The average molecular weight is 414 g/mol. The largest absolute Gasteiger partial charge is 0.497 e. The molecule has 1 aromatic heterocycles. The van der Waals surface area contributed by atoms with Crippen molar-refractivity contribution < 1.29 is 19.4 Å². The molecule has 0 bridgehead atoms. The molecule has 0 saturated heterocycles. The van der Waals surface area contributed by atoms with Gasteiger partial charge in [0.25, 0.3) is 5.56 Å². The molecule has 1 aromatic carbocycles. The number of hydrogen-bond donors (Lipinski definition) is 2. The smallest absolute Gasteiger partial charge is 0.331 e. The molecule has 10 nitrogen and oxygen atoms in total. The number of carbonyl (C=O) groups excluding carboxylic acids is 1. The van der Waals surface area contributed by atoms with Crippen molar-refractivity contribution in [2.24, 2.45) is 5.10 Å². The summed E-state index contributed by atoms with van der Waals surface area (Å²) in [6.07, 6.45) is 1.53. The molecule has 30 heavy (non-hydrogen) atoms. The number of aromatic hydroxyl groups is 1. The number of H-pyrrole nitrogens is 1. The van der Waals surface area contributed by atoms with E-state index < -0.39 is 23.2 Å². The fourth-order valence-electron chi connectivity index (χ4n) is 3.41. The van der Waals surface area contributed by atoms with Crippen molar-refractivity contribution in [2.45, 2.75) is 25.9 Å². The van der Waals surface area contributed by atoms with Crippen LogP contribution in [-0.2, 0) is 11.3 Å². The van der Waals surface area contributed by atoms with E-state index >= 15 is 0 Å². The first-order chi connectivity index (χ1) is 14.3. The van der Waals surface area contributed by atoms with Gasteiger partial charge in [-0.25, -0.2) is 9.80 Å². The van der Waals surface area contributed by atoms with Crippen molar-refractivity contribution in [1.82, 2.24) is 14.6 Å². The lowest BCUT2D eigenvalue weighted by Crippen LogP contribution is -2.33. The minimum Gasteiger partial charge on any atom is -0.497 e. The molecule has 1 aliphatic rings. The lowest BCUT2D eigenvalue weighted by Gasteiger charge is -2.22. The summed E-state index contributed by atoms with van der Waals surface area (Å²) in [7, 11) is 3.02. The molecule has 10 heteroatoms. The van der Waals surface area contributed by atoms with Gasteiger partial charge in [0.05, 0.1) is 26.0 Å². The summed E-state index contributed by atoms with van der Waals surface area (Å²) in [5.74, 6) is 0.167. The van der Waals surface area contributed by atoms with Crippen LogP contribution in [0.5, 0.6) is 17.4 Å². The lowest BCUT2D eigenvalue weighted by atomic mass is 9.98. The van der Waals surface area contributed by atoms with E-state index in [2.05, 4.69) is 16.7 Å². The molecule has 0 saturated carbocycles. The molecule has 1 atom stereocenters. The van der Waals surface area contributed by atoms with Crippen LogP contribution in [0.2, 0.25) is 0 Å². The van der Waals surface area contributed by atoms with Gasteiger partial charge in [0, 0.05) is 25.5 Å². The summed E-state index contributed by atoms with van der Waals surface area (Å²) in [5.41, 5.74) is -0.947. The number of rotatable bonds is 6. The number of amides is 1. The van der Waals surface area contributed by atoms with Crippen LogP contribution in [0.4, 0.5) is 0 Å². The van der Waals surface area contributed by atoms with Crippen molar-refractivity contribution in [2.75, 3.05) is 14.2 Å². The predicted molar refractivity (Wildman–Crippen MR) is 109 cm³/mol. The minimum atomic E-state index is -0.793. The van der Waals surface area contributed by atoms with Gasteiger partial charge in [-0.05, 0) is 18.2 Å². The third-order valence-corrected chi connectivity index (χ3v) is 4.80. The Labute approximate surface area is 171 Å². The molecule has 1 aliphatic heterocycles. The number of nitrogens with one attached hydrogen (secondary N) is 1. The SMILES string of the molecule is C=CCn1c(O)c(C2=NN(C(C)=O)C(c3cc(OC)ccc3OC)C2)c(=O)[nH]c1=O. The number of hydrogen-bond acceptors (Lipinski definition) is 7. The van der Waals surface area contributed by atoms with Gasteiger partial charge < -0.3 is 14.6 Å². The van der Waals surface area contributed by atoms with Gasteiger partial charge in [-0.3, -0.25) is 19.1 Å². The summed E-state index contributed by atoms with van der Waals surface area (Å²) in [5, 5.41) is 16.1. The average Bonchev–Trinajstić information content (AvgIpc) is 3.15. The quantitative estimate of drug-likeness (QED) is 0.683. The number of ether oxygens (including phenoxy) is 2. The fraction of sp³-hybridized carbons (Fsp3) is 0.300. The molecule has 0 radical (unpaired) electrons. The van der Waals surface area contributed by atoms with Gasteiger partial charge in [-0.15, -0.1) is 6.58 Å². The number of carbonyl (C=O) groups is 1. The first-order valence-electron chi connectivity index (χ1n) is 9.08. The Hall–Kier alpha value is -3.82. The maximum atomic E-state index is 12.5. The van der Waals surface area contributed by atoms with Crippen LogP contribution in [-0.4, -0.2) is 45.5 Å². The van der Waals surface area contributed by atoms with Gasteiger partial charge >= 0.3 is 5.69 Å². The molecule has 0 aliphatic carbocycles. The standard InChI is InChI=1S/C20H22N4O6/c1-5-8-23-19(27)17(18(26)21-20(23)28)14-10-15(24(22-14)11(2)25)13-9-12(29-3)6-7-16(13)30-4/h5-7,9,15,27H,1,8,10H2,2-4H3,(H,21,26,28). The van der Waals surface area contributed by atoms with Crippen molar-refractivity contribution in [1.29, 1.82) is 0 Å². The van der Waals surface area contributed by atoms with Crippen LogP contribution in [0.3, 0.4) is 0 Å². The Kier molecular flexibility index (Phi) is 5.77. The third kappa shape index (κ3) is 3.59. The number of nitrogens with zero attached hydrogens (tertiary/aromatic N) is 3. The lowest BCUT2D eigenvalue weighted by molar-refractivity contribution is -0.130. The molecule has 3 rings (SSSR count). The van der Waals surface area contributed by atoms with Gasteiger partial charge in [-0.1, -0.05) is 6.08 Å². The Morgan fingerprint density at radius 1 is 1.37 bits per heavy atom. The van der Waals surface area contributed by atoms with E-state index in [1.54, 1.807) is 18.2 Å². The molecular formula is C20H22N4O6. The van der Waals surface area contributed by atoms with Crippen LogP contribution in [0, 0.1) is 0 Å². The van der Waals surface area contributed by atoms with Crippen molar-refractivity contribution in [3.05, 3.63) is 62.8 Å². The zero-order valence-corrected chi connectivity index (χ0v) is 16.8. The zero-order valence-electron chi connectivity index (χ0n) is 16.8. The van der Waals surface area contributed by atoms with E-state index in [1.807, 2.05) is 0 Å². The molecule has 158 valence electrons. The number of benzene rings is 1. The Balaban J connectivity index is 2.14. The summed E-state index contributed by atoms with van der Waals surface area (Å²) in [6.45, 7) is 4.87. The highest BCUT2D eigenvalue weighted by Gasteiger charge is 2.36. The summed E-state index contributed by atoms with van der Waals surface area (Å²) < 4.78 is 11.7. The minimum absolute atomic E-state index is 0.00865. The van der Waals surface area contributed by atoms with Crippen LogP contribution in [0.25, 0.3) is 0 Å². The normalized spacial score (nSPS) is 15.6. The first-order valence-corrected chi connectivity index (χ1v) is 9.08. The van der Waals surface area contributed by atoms with Gasteiger partial charge in [0.1, 0.15) is 17.1 Å².